The lowest BCUT2D eigenvalue weighted by molar-refractivity contribution is -0.121. The van der Waals surface area contributed by atoms with Gasteiger partial charge in [-0.2, -0.15) is 0 Å². The number of nitrogens with one attached hydrogen (secondary N) is 2. The number of rotatable bonds is 8. The third kappa shape index (κ3) is 5.16. The minimum Gasteiger partial charge on any atom is -0.482 e. The number of carbonyl (C=O) groups excluding carboxylic acids is 1. The predicted octanol–water partition coefficient (Wildman–Crippen LogP) is 1.84. The summed E-state index contributed by atoms with van der Waals surface area (Å²) in [5.41, 5.74) is 0.861. The van der Waals surface area contributed by atoms with E-state index in [9.17, 15) is 4.79 Å². The Morgan fingerprint density at radius 2 is 2.14 bits per heavy atom. The van der Waals surface area contributed by atoms with Gasteiger partial charge >= 0.3 is 0 Å². The number of hydrogen-bond acceptors (Lipinski definition) is 4. The molecule has 0 aliphatic carbocycles. The number of likely N-dealkylation sites (N-methyl/N-ethyl adjacent to an activating group) is 1. The summed E-state index contributed by atoms with van der Waals surface area (Å²) in [6, 6.07) is 8.27. The number of carbonyl (C=O) groups is 1. The van der Waals surface area contributed by atoms with Crippen LogP contribution < -0.4 is 20.3 Å². The molecule has 1 unspecified atom stereocenters. The fourth-order valence-corrected chi connectivity index (χ4v) is 3.90. The van der Waals surface area contributed by atoms with Gasteiger partial charge in [0, 0.05) is 25.7 Å². The van der Waals surface area contributed by atoms with E-state index in [0.717, 1.165) is 50.0 Å². The second-order valence-electron chi connectivity index (χ2n) is 7.23. The molecule has 0 bridgehead atoms. The lowest BCUT2D eigenvalue weighted by Gasteiger charge is -2.29. The van der Waals surface area contributed by atoms with Gasteiger partial charge in [-0.3, -0.25) is 14.7 Å². The van der Waals surface area contributed by atoms with Crippen molar-refractivity contribution < 1.29 is 9.53 Å². The first-order valence-corrected chi connectivity index (χ1v) is 10.5. The number of ether oxygens (including phenoxy) is 1. The van der Waals surface area contributed by atoms with Crippen LogP contribution in [0.25, 0.3) is 0 Å². The molecule has 2 heterocycles. The minimum atomic E-state index is 0.0140. The molecule has 28 heavy (non-hydrogen) atoms. The Labute approximate surface area is 168 Å². The standard InChI is InChI=1S/C21H33N5O2/c1-3-22-21(24-15-17-9-7-13-25(17)4-2)23-12-8-14-26-18-10-5-6-11-19(18)28-16-20(26)27/h5-6,10-11,17H,3-4,7-9,12-16H2,1-2H3,(H2,22,23,24). The van der Waals surface area contributed by atoms with Crippen molar-refractivity contribution in [3.63, 3.8) is 0 Å². The van der Waals surface area contributed by atoms with Crippen LogP contribution in [0.2, 0.25) is 0 Å². The van der Waals surface area contributed by atoms with Gasteiger partial charge in [-0.1, -0.05) is 19.1 Å². The quantitative estimate of drug-likeness (QED) is 0.405. The van der Waals surface area contributed by atoms with E-state index in [-0.39, 0.29) is 12.5 Å². The van der Waals surface area contributed by atoms with Gasteiger partial charge < -0.3 is 20.3 Å². The monoisotopic (exact) mass is 387 g/mol. The van der Waals surface area contributed by atoms with Gasteiger partial charge in [0.25, 0.3) is 5.91 Å². The number of amides is 1. The molecule has 0 aromatic heterocycles. The zero-order valence-electron chi connectivity index (χ0n) is 17.1. The molecule has 0 saturated carbocycles. The Kier molecular flexibility index (Phi) is 7.54. The molecule has 3 rings (SSSR count). The maximum atomic E-state index is 12.2. The van der Waals surface area contributed by atoms with E-state index in [1.165, 1.54) is 19.4 Å². The maximum absolute atomic E-state index is 12.2. The number of guanidine groups is 1. The molecule has 2 aliphatic heterocycles. The number of likely N-dealkylation sites (tertiary alicyclic amines) is 1. The second-order valence-corrected chi connectivity index (χ2v) is 7.23. The molecule has 0 radical (unpaired) electrons. The highest BCUT2D eigenvalue weighted by Crippen LogP contribution is 2.31. The summed E-state index contributed by atoms with van der Waals surface area (Å²) in [5.74, 6) is 1.65. The average Bonchev–Trinajstić information content (AvgIpc) is 3.18. The molecule has 7 nitrogen and oxygen atoms in total. The van der Waals surface area contributed by atoms with Gasteiger partial charge in [-0.15, -0.1) is 0 Å². The molecule has 1 aromatic rings. The molecule has 1 saturated heterocycles. The third-order valence-electron chi connectivity index (χ3n) is 5.37. The van der Waals surface area contributed by atoms with Gasteiger partial charge in [0.05, 0.1) is 12.2 Å². The van der Waals surface area contributed by atoms with Crippen LogP contribution in [0, 0.1) is 0 Å². The molecule has 1 fully saturated rings. The van der Waals surface area contributed by atoms with E-state index in [0.29, 0.717) is 12.6 Å². The molecule has 1 amide bonds. The number of hydrogen-bond donors (Lipinski definition) is 2. The summed E-state index contributed by atoms with van der Waals surface area (Å²) in [6.45, 7) is 9.80. The van der Waals surface area contributed by atoms with Crippen molar-refractivity contribution in [3.8, 4) is 5.75 Å². The van der Waals surface area contributed by atoms with Gasteiger partial charge in [-0.05, 0) is 51.4 Å². The van der Waals surface area contributed by atoms with Crippen molar-refractivity contribution >= 4 is 17.6 Å². The molecular weight excluding hydrogens is 354 g/mol. The van der Waals surface area contributed by atoms with Crippen LogP contribution in [0.1, 0.15) is 33.1 Å². The van der Waals surface area contributed by atoms with Crippen molar-refractivity contribution in [2.45, 2.75) is 39.2 Å². The van der Waals surface area contributed by atoms with E-state index >= 15 is 0 Å². The number of benzene rings is 1. The summed E-state index contributed by atoms with van der Waals surface area (Å²) in [5, 5.41) is 6.73. The van der Waals surface area contributed by atoms with Gasteiger partial charge in [0.15, 0.2) is 12.6 Å². The first-order chi connectivity index (χ1) is 13.7. The van der Waals surface area contributed by atoms with Crippen LogP contribution >= 0.6 is 0 Å². The summed E-state index contributed by atoms with van der Waals surface area (Å²) < 4.78 is 5.50. The fourth-order valence-electron chi connectivity index (χ4n) is 3.90. The zero-order chi connectivity index (χ0) is 19.8. The van der Waals surface area contributed by atoms with Crippen LogP contribution in [0.5, 0.6) is 5.75 Å². The minimum absolute atomic E-state index is 0.0140. The van der Waals surface area contributed by atoms with Crippen molar-refractivity contribution in [2.24, 2.45) is 4.99 Å². The lowest BCUT2D eigenvalue weighted by atomic mass is 10.2. The molecule has 154 valence electrons. The van der Waals surface area contributed by atoms with Crippen LogP contribution in [0.4, 0.5) is 5.69 Å². The van der Waals surface area contributed by atoms with E-state index in [4.69, 9.17) is 9.73 Å². The predicted molar refractivity (Wildman–Crippen MR) is 113 cm³/mol. The normalized spacial score (nSPS) is 20.1. The Hall–Kier alpha value is -2.28. The Morgan fingerprint density at radius 3 is 2.96 bits per heavy atom. The van der Waals surface area contributed by atoms with E-state index in [1.54, 1.807) is 0 Å². The summed E-state index contributed by atoms with van der Waals surface area (Å²) >= 11 is 0. The third-order valence-corrected chi connectivity index (χ3v) is 5.37. The number of aliphatic imine (C=N–C) groups is 1. The summed E-state index contributed by atoms with van der Waals surface area (Å²) in [7, 11) is 0. The van der Waals surface area contributed by atoms with Gasteiger partial charge in [0.2, 0.25) is 0 Å². The number of fused-ring (bicyclic) bond motifs is 1. The first kappa shape index (κ1) is 20.5. The lowest BCUT2D eigenvalue weighted by Crippen LogP contribution is -2.42. The maximum Gasteiger partial charge on any atom is 0.265 e. The van der Waals surface area contributed by atoms with E-state index in [1.807, 2.05) is 29.2 Å². The zero-order valence-corrected chi connectivity index (χ0v) is 17.1. The molecule has 0 spiro atoms. The summed E-state index contributed by atoms with van der Waals surface area (Å²) in [6.07, 6.45) is 3.34. The average molecular weight is 388 g/mol. The van der Waals surface area contributed by atoms with Crippen molar-refractivity contribution in [1.29, 1.82) is 0 Å². The highest BCUT2D eigenvalue weighted by Gasteiger charge is 2.24. The van der Waals surface area contributed by atoms with Crippen molar-refractivity contribution in [1.82, 2.24) is 15.5 Å². The SMILES string of the molecule is CCNC(=NCC1CCCN1CC)NCCCN1C(=O)COc2ccccc21. The topological polar surface area (TPSA) is 69.2 Å². The smallest absolute Gasteiger partial charge is 0.265 e. The Morgan fingerprint density at radius 1 is 1.29 bits per heavy atom. The highest BCUT2D eigenvalue weighted by molar-refractivity contribution is 5.97. The van der Waals surface area contributed by atoms with Gasteiger partial charge in [-0.25, -0.2) is 0 Å². The summed E-state index contributed by atoms with van der Waals surface area (Å²) in [4.78, 5) is 21.3. The Bertz CT molecular complexity index is 679. The first-order valence-electron chi connectivity index (χ1n) is 10.5. The molecule has 2 aliphatic rings. The molecule has 2 N–H and O–H groups in total. The van der Waals surface area contributed by atoms with Crippen molar-refractivity contribution in [2.75, 3.05) is 50.8 Å². The van der Waals surface area contributed by atoms with Crippen LogP contribution in [0.3, 0.4) is 0 Å². The van der Waals surface area contributed by atoms with Crippen LogP contribution in [0.15, 0.2) is 29.3 Å². The molecule has 1 aromatic carbocycles. The second kappa shape index (κ2) is 10.3. The van der Waals surface area contributed by atoms with Crippen LogP contribution in [-0.2, 0) is 4.79 Å². The van der Waals surface area contributed by atoms with Crippen LogP contribution in [-0.4, -0.2) is 68.7 Å². The van der Waals surface area contributed by atoms with Gasteiger partial charge in [0.1, 0.15) is 5.75 Å². The van der Waals surface area contributed by atoms with E-state index in [2.05, 4.69) is 29.4 Å². The largest absolute Gasteiger partial charge is 0.482 e. The number of anilines is 1. The Balaban J connectivity index is 1.48. The fraction of sp³-hybridized carbons (Fsp3) is 0.619. The van der Waals surface area contributed by atoms with Crippen molar-refractivity contribution in [3.05, 3.63) is 24.3 Å². The van der Waals surface area contributed by atoms with E-state index < -0.39 is 0 Å². The highest BCUT2D eigenvalue weighted by atomic mass is 16.5. The number of nitrogens with zero attached hydrogens (tertiary/aromatic N) is 3. The molecule has 1 atom stereocenters. The number of para-hydroxylation sites is 2. The molecule has 7 heteroatoms. The molecular formula is C21H33N5O2.